The summed E-state index contributed by atoms with van der Waals surface area (Å²) in [5, 5.41) is 0. The maximum absolute atomic E-state index is 12.3. The maximum Gasteiger partial charge on any atom is 0.137 e. The van der Waals surface area contributed by atoms with Gasteiger partial charge in [0.15, 0.2) is 0 Å². The van der Waals surface area contributed by atoms with E-state index in [1.54, 1.807) is 5.57 Å². The van der Waals surface area contributed by atoms with Gasteiger partial charge in [0.2, 0.25) is 0 Å². The molecule has 0 radical (unpaired) electrons. The Balaban J connectivity index is 2.23. The molecule has 0 aromatic carbocycles. The summed E-state index contributed by atoms with van der Waals surface area (Å²) in [7, 11) is 0. The van der Waals surface area contributed by atoms with E-state index in [9.17, 15) is 4.79 Å². The molecule has 0 unspecified atom stereocenters. The third kappa shape index (κ3) is 1.09. The van der Waals surface area contributed by atoms with E-state index >= 15 is 0 Å². The smallest absolute Gasteiger partial charge is 0.137 e. The van der Waals surface area contributed by atoms with Crippen molar-refractivity contribution >= 4 is 5.78 Å². The van der Waals surface area contributed by atoms with Crippen molar-refractivity contribution < 1.29 is 4.79 Å². The number of fused-ring (bicyclic) bond motifs is 2. The zero-order valence-corrected chi connectivity index (χ0v) is 10.5. The van der Waals surface area contributed by atoms with Crippen LogP contribution >= 0.6 is 0 Å². The normalized spacial score (nSPS) is 40.2. The van der Waals surface area contributed by atoms with E-state index in [2.05, 4.69) is 32.9 Å². The molecule has 4 rings (SSSR count). The summed E-state index contributed by atoms with van der Waals surface area (Å²) in [6.07, 6.45) is 8.71. The number of rotatable bonds is 0. The molecule has 1 heteroatoms. The molecule has 4 aliphatic rings. The van der Waals surface area contributed by atoms with E-state index in [1.165, 1.54) is 12.0 Å². The first-order valence-electron chi connectivity index (χ1n) is 6.38. The van der Waals surface area contributed by atoms with Gasteiger partial charge in [0.05, 0.1) is 0 Å². The molecule has 0 aliphatic heterocycles. The molecule has 2 atom stereocenters. The molecule has 0 heterocycles. The SMILES string of the molecule is CC1(C)C2=C(CC=C2)[C@]2(C)CC[C@H]1C(=O)C2. The fraction of sp³-hybridized carbons (Fsp3) is 0.667. The van der Waals surface area contributed by atoms with Gasteiger partial charge in [-0.3, -0.25) is 4.79 Å². The Morgan fingerprint density at radius 2 is 2.06 bits per heavy atom. The van der Waals surface area contributed by atoms with Crippen molar-refractivity contribution in [3.63, 3.8) is 0 Å². The molecular formula is C15H20O. The minimum atomic E-state index is 0.0632. The topological polar surface area (TPSA) is 17.1 Å². The molecule has 0 spiro atoms. The number of carbonyl (C=O) groups excluding carboxylic acids is 1. The minimum absolute atomic E-state index is 0.0632. The predicted octanol–water partition coefficient (Wildman–Crippen LogP) is 3.66. The van der Waals surface area contributed by atoms with Crippen LogP contribution in [0.5, 0.6) is 0 Å². The standard InChI is InChI=1S/C15H20O/c1-14(2)10-5-4-6-11(10)15(3)8-7-12(14)13(16)9-15/h4-5,12H,6-9H2,1-3H3/t12-,15+/m0/s1. The van der Waals surface area contributed by atoms with Gasteiger partial charge in [0.1, 0.15) is 5.78 Å². The second-order valence-electron chi connectivity index (χ2n) is 6.52. The Labute approximate surface area is 97.6 Å². The molecule has 1 fully saturated rings. The van der Waals surface area contributed by atoms with Crippen LogP contribution in [-0.2, 0) is 4.79 Å². The van der Waals surface area contributed by atoms with Crippen LogP contribution in [0.4, 0.5) is 0 Å². The molecule has 1 saturated carbocycles. The third-order valence-electron chi connectivity index (χ3n) is 5.16. The van der Waals surface area contributed by atoms with Crippen LogP contribution in [0.3, 0.4) is 0 Å². The zero-order chi connectivity index (χ0) is 11.6. The fourth-order valence-corrected chi connectivity index (χ4v) is 4.11. The Morgan fingerprint density at radius 1 is 1.31 bits per heavy atom. The number of ketones is 1. The molecule has 0 amide bonds. The van der Waals surface area contributed by atoms with Crippen LogP contribution in [0, 0.1) is 16.7 Å². The summed E-state index contributed by atoms with van der Waals surface area (Å²) in [6, 6.07) is 0. The number of carbonyl (C=O) groups is 1. The van der Waals surface area contributed by atoms with Gasteiger partial charge in [-0.1, -0.05) is 38.5 Å². The van der Waals surface area contributed by atoms with Gasteiger partial charge in [0.25, 0.3) is 0 Å². The van der Waals surface area contributed by atoms with E-state index in [0.29, 0.717) is 5.78 Å². The van der Waals surface area contributed by atoms with Crippen molar-refractivity contribution in [2.75, 3.05) is 0 Å². The molecule has 0 N–H and O–H groups in total. The first-order chi connectivity index (χ1) is 7.45. The molecule has 0 saturated heterocycles. The Bertz CT molecular complexity index is 425. The number of allylic oxidation sites excluding steroid dienone is 4. The van der Waals surface area contributed by atoms with Crippen LogP contribution in [0.25, 0.3) is 0 Å². The Hall–Kier alpha value is -0.850. The molecule has 16 heavy (non-hydrogen) atoms. The van der Waals surface area contributed by atoms with Crippen molar-refractivity contribution in [1.29, 1.82) is 0 Å². The quantitative estimate of drug-likeness (QED) is 0.604. The summed E-state index contributed by atoms with van der Waals surface area (Å²) in [5.74, 6) is 0.761. The van der Waals surface area contributed by atoms with Crippen LogP contribution in [-0.4, -0.2) is 5.78 Å². The molecule has 1 nitrogen and oxygen atoms in total. The van der Waals surface area contributed by atoms with Crippen LogP contribution < -0.4 is 0 Å². The molecule has 2 bridgehead atoms. The van der Waals surface area contributed by atoms with E-state index in [4.69, 9.17) is 0 Å². The fourth-order valence-electron chi connectivity index (χ4n) is 4.11. The van der Waals surface area contributed by atoms with Gasteiger partial charge in [-0.2, -0.15) is 0 Å². The van der Waals surface area contributed by atoms with Gasteiger partial charge < -0.3 is 0 Å². The Kier molecular flexibility index (Phi) is 1.86. The predicted molar refractivity (Wildman–Crippen MR) is 65.0 cm³/mol. The minimum Gasteiger partial charge on any atom is -0.299 e. The van der Waals surface area contributed by atoms with E-state index < -0.39 is 0 Å². The van der Waals surface area contributed by atoms with Gasteiger partial charge in [0, 0.05) is 12.3 Å². The Morgan fingerprint density at radius 3 is 2.75 bits per heavy atom. The second-order valence-corrected chi connectivity index (χ2v) is 6.52. The highest BCUT2D eigenvalue weighted by atomic mass is 16.1. The first kappa shape index (κ1) is 10.3. The zero-order valence-electron chi connectivity index (χ0n) is 10.5. The summed E-state index contributed by atoms with van der Waals surface area (Å²) < 4.78 is 0. The maximum atomic E-state index is 12.3. The summed E-state index contributed by atoms with van der Waals surface area (Å²) >= 11 is 0. The first-order valence-corrected chi connectivity index (χ1v) is 6.38. The number of hydrogen-bond acceptors (Lipinski definition) is 1. The van der Waals surface area contributed by atoms with Crippen molar-refractivity contribution in [2.24, 2.45) is 16.7 Å². The molecule has 0 aromatic heterocycles. The van der Waals surface area contributed by atoms with Crippen molar-refractivity contribution in [3.05, 3.63) is 23.3 Å². The van der Waals surface area contributed by atoms with E-state index in [1.807, 2.05) is 0 Å². The van der Waals surface area contributed by atoms with E-state index in [-0.39, 0.29) is 16.7 Å². The molecule has 4 aliphatic carbocycles. The van der Waals surface area contributed by atoms with Gasteiger partial charge in [-0.05, 0) is 35.7 Å². The van der Waals surface area contributed by atoms with Gasteiger partial charge in [-0.25, -0.2) is 0 Å². The lowest BCUT2D eigenvalue weighted by Gasteiger charge is -2.37. The average molecular weight is 216 g/mol. The summed E-state index contributed by atoms with van der Waals surface area (Å²) in [5.41, 5.74) is 3.27. The average Bonchev–Trinajstić information content (AvgIpc) is 2.62. The molecular weight excluding hydrogens is 196 g/mol. The highest BCUT2D eigenvalue weighted by Crippen LogP contribution is 2.58. The van der Waals surface area contributed by atoms with Crippen LogP contribution in [0.2, 0.25) is 0 Å². The van der Waals surface area contributed by atoms with Crippen molar-refractivity contribution in [2.45, 2.75) is 46.5 Å². The highest BCUT2D eigenvalue weighted by molar-refractivity contribution is 5.85. The monoisotopic (exact) mass is 216 g/mol. The number of Topliss-reactive ketones (excluding diaryl/α,β-unsaturated/α-hetero) is 1. The lowest BCUT2D eigenvalue weighted by molar-refractivity contribution is -0.129. The third-order valence-corrected chi connectivity index (χ3v) is 5.16. The van der Waals surface area contributed by atoms with Crippen molar-refractivity contribution in [1.82, 2.24) is 0 Å². The van der Waals surface area contributed by atoms with Gasteiger partial charge >= 0.3 is 0 Å². The highest BCUT2D eigenvalue weighted by Gasteiger charge is 2.51. The second kappa shape index (κ2) is 2.88. The van der Waals surface area contributed by atoms with Crippen LogP contribution in [0.15, 0.2) is 23.3 Å². The number of hydrogen-bond donors (Lipinski definition) is 0. The lowest BCUT2D eigenvalue weighted by atomic mass is 9.65. The summed E-state index contributed by atoms with van der Waals surface area (Å²) in [4.78, 5) is 12.3. The van der Waals surface area contributed by atoms with Crippen LogP contribution in [0.1, 0.15) is 46.5 Å². The largest absolute Gasteiger partial charge is 0.299 e. The van der Waals surface area contributed by atoms with E-state index in [0.717, 1.165) is 19.3 Å². The summed E-state index contributed by atoms with van der Waals surface area (Å²) in [6.45, 7) is 6.82. The lowest BCUT2D eigenvalue weighted by Crippen LogP contribution is -2.36. The molecule has 86 valence electrons. The van der Waals surface area contributed by atoms with Crippen molar-refractivity contribution in [3.8, 4) is 0 Å². The molecule has 0 aromatic rings. The van der Waals surface area contributed by atoms with Gasteiger partial charge in [-0.15, -0.1) is 0 Å².